The van der Waals surface area contributed by atoms with E-state index in [-0.39, 0.29) is 5.54 Å². The van der Waals surface area contributed by atoms with Gasteiger partial charge in [-0.3, -0.25) is 0 Å². The summed E-state index contributed by atoms with van der Waals surface area (Å²) < 4.78 is 0. The Morgan fingerprint density at radius 1 is 1.25 bits per heavy atom. The molecule has 0 unspecified atom stereocenters. The van der Waals surface area contributed by atoms with Crippen LogP contribution in [-0.4, -0.2) is 22.6 Å². The van der Waals surface area contributed by atoms with Gasteiger partial charge in [0.25, 0.3) is 0 Å². The fourth-order valence-electron chi connectivity index (χ4n) is 1.49. The number of rotatable bonds is 3. The smallest absolute Gasteiger partial charge is 0.137 e. The first-order chi connectivity index (χ1) is 7.29. The molecular weight excluding hydrogens is 200 g/mol. The number of aryl methyl sites for hydroxylation is 1. The normalized spacial score (nSPS) is 11.6. The van der Waals surface area contributed by atoms with Crippen LogP contribution in [0.4, 0.5) is 11.6 Å². The minimum absolute atomic E-state index is 0.0675. The van der Waals surface area contributed by atoms with Gasteiger partial charge < -0.3 is 10.6 Å². The van der Waals surface area contributed by atoms with E-state index in [9.17, 15) is 0 Å². The molecule has 0 aliphatic rings. The van der Waals surface area contributed by atoms with Gasteiger partial charge in [-0.1, -0.05) is 6.92 Å². The number of nitrogens with zero attached hydrogens (tertiary/aromatic N) is 3. The molecule has 1 heterocycles. The summed E-state index contributed by atoms with van der Waals surface area (Å²) in [4.78, 5) is 10.8. The van der Waals surface area contributed by atoms with Gasteiger partial charge in [-0.05, 0) is 34.1 Å². The lowest BCUT2D eigenvalue weighted by molar-refractivity contribution is 0.466. The second-order valence-corrected chi connectivity index (χ2v) is 4.83. The Morgan fingerprint density at radius 2 is 1.81 bits per heavy atom. The van der Waals surface area contributed by atoms with Crippen LogP contribution in [0.15, 0.2) is 0 Å². The van der Waals surface area contributed by atoms with Gasteiger partial charge in [0.2, 0.25) is 0 Å². The maximum atomic E-state index is 5.87. The highest BCUT2D eigenvalue weighted by Crippen LogP contribution is 2.27. The molecule has 0 spiro atoms. The monoisotopic (exact) mass is 222 g/mol. The summed E-state index contributed by atoms with van der Waals surface area (Å²) in [7, 11) is 2.05. The second-order valence-electron chi connectivity index (χ2n) is 4.83. The Labute approximate surface area is 97.9 Å². The minimum Gasteiger partial charge on any atom is -0.383 e. The van der Waals surface area contributed by atoms with Crippen LogP contribution in [0.1, 0.15) is 38.6 Å². The van der Waals surface area contributed by atoms with Crippen molar-refractivity contribution in [3.8, 4) is 0 Å². The maximum Gasteiger partial charge on any atom is 0.137 e. The number of aromatic nitrogens is 2. The van der Waals surface area contributed by atoms with Gasteiger partial charge in [0.15, 0.2) is 0 Å². The van der Waals surface area contributed by atoms with Gasteiger partial charge in [-0.15, -0.1) is 0 Å². The first kappa shape index (κ1) is 12.7. The maximum absolute atomic E-state index is 5.87. The van der Waals surface area contributed by atoms with E-state index in [1.165, 1.54) is 0 Å². The zero-order valence-electron chi connectivity index (χ0n) is 11.1. The van der Waals surface area contributed by atoms with Crippen LogP contribution in [0, 0.1) is 13.8 Å². The fourth-order valence-corrected chi connectivity index (χ4v) is 1.49. The molecule has 0 saturated carbocycles. The molecule has 1 rings (SSSR count). The van der Waals surface area contributed by atoms with E-state index >= 15 is 0 Å². The van der Waals surface area contributed by atoms with Crippen molar-refractivity contribution >= 4 is 11.6 Å². The van der Waals surface area contributed by atoms with Gasteiger partial charge in [-0.25, -0.2) is 9.97 Å². The Kier molecular flexibility index (Phi) is 3.41. The summed E-state index contributed by atoms with van der Waals surface area (Å²) in [5.41, 5.74) is 6.89. The fraction of sp³-hybridized carbons (Fsp3) is 0.667. The summed E-state index contributed by atoms with van der Waals surface area (Å²) in [6.07, 6.45) is 1.05. The quantitative estimate of drug-likeness (QED) is 0.852. The van der Waals surface area contributed by atoms with E-state index in [0.29, 0.717) is 5.82 Å². The van der Waals surface area contributed by atoms with Gasteiger partial charge in [0.05, 0.1) is 0 Å². The highest BCUT2D eigenvalue weighted by Gasteiger charge is 2.24. The minimum atomic E-state index is 0.0675. The molecule has 4 heteroatoms. The van der Waals surface area contributed by atoms with Crippen molar-refractivity contribution in [2.24, 2.45) is 0 Å². The standard InChI is InChI=1S/C12H22N4/c1-7-12(4,5)16(6)11-8(2)10(13)14-9(3)15-11/h7H2,1-6H3,(H2,13,14,15). The third-order valence-electron chi connectivity index (χ3n) is 3.36. The Bertz CT molecular complexity index is 385. The summed E-state index contributed by atoms with van der Waals surface area (Å²) >= 11 is 0. The molecule has 1 aromatic heterocycles. The van der Waals surface area contributed by atoms with E-state index in [1.54, 1.807) is 0 Å². The van der Waals surface area contributed by atoms with Gasteiger partial charge in [0.1, 0.15) is 17.5 Å². The van der Waals surface area contributed by atoms with E-state index in [0.717, 1.165) is 23.6 Å². The number of anilines is 2. The second kappa shape index (κ2) is 4.28. The van der Waals surface area contributed by atoms with Crippen molar-refractivity contribution in [2.75, 3.05) is 17.7 Å². The van der Waals surface area contributed by atoms with Crippen LogP contribution in [0.5, 0.6) is 0 Å². The topological polar surface area (TPSA) is 55.0 Å². The molecule has 0 aliphatic heterocycles. The third kappa shape index (κ3) is 2.26. The first-order valence-corrected chi connectivity index (χ1v) is 5.64. The van der Waals surface area contributed by atoms with Crippen LogP contribution in [0.3, 0.4) is 0 Å². The molecule has 0 aromatic carbocycles. The highest BCUT2D eigenvalue weighted by molar-refractivity contribution is 5.57. The average molecular weight is 222 g/mol. The number of hydrogen-bond acceptors (Lipinski definition) is 4. The SMILES string of the molecule is CCC(C)(C)N(C)c1nc(C)nc(N)c1C. The summed E-state index contributed by atoms with van der Waals surface area (Å²) in [5.74, 6) is 2.22. The summed E-state index contributed by atoms with van der Waals surface area (Å²) in [6, 6.07) is 0. The Hall–Kier alpha value is -1.32. The Morgan fingerprint density at radius 3 is 2.31 bits per heavy atom. The number of nitrogens with two attached hydrogens (primary N) is 1. The van der Waals surface area contributed by atoms with E-state index in [4.69, 9.17) is 5.73 Å². The van der Waals surface area contributed by atoms with Crippen LogP contribution in [-0.2, 0) is 0 Å². The van der Waals surface area contributed by atoms with Crippen LogP contribution in [0.25, 0.3) is 0 Å². The molecule has 4 nitrogen and oxygen atoms in total. The van der Waals surface area contributed by atoms with Crippen molar-refractivity contribution in [1.29, 1.82) is 0 Å². The van der Waals surface area contributed by atoms with Gasteiger partial charge in [-0.2, -0.15) is 0 Å². The van der Waals surface area contributed by atoms with Crippen LogP contribution in [0.2, 0.25) is 0 Å². The van der Waals surface area contributed by atoms with Crippen molar-refractivity contribution in [2.45, 2.75) is 46.6 Å². The molecule has 0 fully saturated rings. The molecule has 0 saturated heterocycles. The molecule has 0 atom stereocenters. The predicted molar refractivity (Wildman–Crippen MR) is 68.7 cm³/mol. The lowest BCUT2D eigenvalue weighted by Crippen LogP contribution is -2.41. The van der Waals surface area contributed by atoms with Crippen molar-refractivity contribution in [3.63, 3.8) is 0 Å². The molecule has 2 N–H and O–H groups in total. The van der Waals surface area contributed by atoms with Crippen molar-refractivity contribution < 1.29 is 0 Å². The predicted octanol–water partition coefficient (Wildman–Crippen LogP) is 2.30. The zero-order chi connectivity index (χ0) is 12.5. The van der Waals surface area contributed by atoms with E-state index in [1.807, 2.05) is 13.8 Å². The zero-order valence-corrected chi connectivity index (χ0v) is 11.1. The molecule has 0 aliphatic carbocycles. The molecule has 0 amide bonds. The number of hydrogen-bond donors (Lipinski definition) is 1. The van der Waals surface area contributed by atoms with Crippen molar-refractivity contribution in [3.05, 3.63) is 11.4 Å². The van der Waals surface area contributed by atoms with Crippen molar-refractivity contribution in [1.82, 2.24) is 9.97 Å². The third-order valence-corrected chi connectivity index (χ3v) is 3.36. The molecule has 1 aromatic rings. The van der Waals surface area contributed by atoms with E-state index < -0.39 is 0 Å². The van der Waals surface area contributed by atoms with Crippen LogP contribution >= 0.6 is 0 Å². The van der Waals surface area contributed by atoms with Gasteiger partial charge >= 0.3 is 0 Å². The molecule has 0 radical (unpaired) electrons. The Balaban J connectivity index is 3.23. The van der Waals surface area contributed by atoms with Gasteiger partial charge in [0, 0.05) is 18.2 Å². The van der Waals surface area contributed by atoms with E-state index in [2.05, 4.69) is 42.7 Å². The highest BCUT2D eigenvalue weighted by atomic mass is 15.2. The lowest BCUT2D eigenvalue weighted by atomic mass is 9.99. The lowest BCUT2D eigenvalue weighted by Gasteiger charge is -2.36. The summed E-state index contributed by atoms with van der Waals surface area (Å²) in [6.45, 7) is 10.4. The van der Waals surface area contributed by atoms with Crippen LogP contribution < -0.4 is 10.6 Å². The largest absolute Gasteiger partial charge is 0.383 e. The number of nitrogen functional groups attached to an aromatic ring is 1. The molecule has 16 heavy (non-hydrogen) atoms. The molecule has 90 valence electrons. The first-order valence-electron chi connectivity index (χ1n) is 5.64. The molecule has 0 bridgehead atoms. The molecular formula is C12H22N4. The average Bonchev–Trinajstić information content (AvgIpc) is 2.22. The summed E-state index contributed by atoms with van der Waals surface area (Å²) in [5, 5.41) is 0.